The molecule has 0 saturated heterocycles. The zero-order chi connectivity index (χ0) is 0. The van der Waals surface area contributed by atoms with Crippen molar-refractivity contribution in [3.63, 3.8) is 0 Å². The van der Waals surface area contributed by atoms with E-state index in [0.717, 1.165) is 0 Å². The van der Waals surface area contributed by atoms with Crippen molar-refractivity contribution in [1.82, 2.24) is 0 Å². The van der Waals surface area contributed by atoms with Gasteiger partial charge in [-0.15, -0.1) is 0 Å². The molecule has 32 valence electrons. The second-order valence-electron chi connectivity index (χ2n) is 0. The summed E-state index contributed by atoms with van der Waals surface area (Å²) in [5.41, 5.74) is 0. The van der Waals surface area contributed by atoms with Crippen LogP contribution >= 0.6 is 0 Å². The van der Waals surface area contributed by atoms with Crippen molar-refractivity contribution in [3.05, 3.63) is 0 Å². The van der Waals surface area contributed by atoms with Crippen molar-refractivity contribution in [3.8, 4) is 0 Å². The molecular formula is H9AlBaCdFePbSrZn. The molecule has 0 heterocycles. The summed E-state index contributed by atoms with van der Waals surface area (Å²) in [4.78, 5) is 0. The van der Waals surface area contributed by atoms with Gasteiger partial charge in [-0.25, -0.2) is 0 Å². The van der Waals surface area contributed by atoms with Crippen molar-refractivity contribution in [2.45, 2.75) is 0 Å². The Morgan fingerprint density at radius 1 is 1.14 bits per heavy atom. The molecule has 0 bridgehead atoms. The number of hydrogen-bond acceptors (Lipinski definition) is 0. The third-order valence-electron chi connectivity index (χ3n) is 0. The fourth-order valence-corrected chi connectivity index (χ4v) is 0. The van der Waals surface area contributed by atoms with Gasteiger partial charge < -0.3 is 5.71 Å². The molecular weight excluding hydrogens is 693 g/mol. The summed E-state index contributed by atoms with van der Waals surface area (Å²) in [7, 11) is 0. The Hall–Kier alpha value is 6.57. The van der Waals surface area contributed by atoms with E-state index in [1.54, 1.807) is 0 Å². The summed E-state index contributed by atoms with van der Waals surface area (Å²) in [6.45, 7) is 0. The first-order valence-electron chi connectivity index (χ1n) is 0. The zero-order valence-electron chi connectivity index (χ0n) is 7.89. The van der Waals surface area contributed by atoms with Crippen LogP contribution < -0.4 is 0 Å². The summed E-state index contributed by atoms with van der Waals surface area (Å²) in [6, 6.07) is 0. The van der Waals surface area contributed by atoms with Gasteiger partial charge in [-0.05, 0) is 0 Å². The van der Waals surface area contributed by atoms with E-state index in [2.05, 4.69) is 0 Å². The smallest absolute Gasteiger partial charge is 0 e. The van der Waals surface area contributed by atoms with Gasteiger partial charge >= 0.3 is 122 Å². The summed E-state index contributed by atoms with van der Waals surface area (Å²) < 4.78 is 0. The van der Waals surface area contributed by atoms with Gasteiger partial charge in [-0.2, -0.15) is 0 Å². The summed E-state index contributed by atoms with van der Waals surface area (Å²) in [5.74, 6) is 0. The molecule has 0 atom stereocenters. The number of hydrogen-bond donors (Lipinski definition) is 0. The van der Waals surface area contributed by atoms with Crippen molar-refractivity contribution < 1.29 is 69.6 Å². The molecule has 0 aliphatic heterocycles. The molecule has 7 heavy (non-hydrogen) atoms. The zero-order valence-corrected chi connectivity index (χ0v) is 25.4. The molecule has 0 N–H and O–H groups in total. The first-order valence-corrected chi connectivity index (χ1v) is 0. The third-order valence-corrected chi connectivity index (χ3v) is 0. The van der Waals surface area contributed by atoms with E-state index in [-0.39, 0.29) is 209 Å². The minimum atomic E-state index is 0. The van der Waals surface area contributed by atoms with Crippen molar-refractivity contribution >= 4 is 139 Å². The second-order valence-corrected chi connectivity index (χ2v) is 0. The predicted molar refractivity (Wildman–Crippen MR) is 34.4 cm³/mol. The molecule has 0 aromatic carbocycles. The molecule has 0 aromatic heterocycles. The molecule has 7 heteroatoms. The summed E-state index contributed by atoms with van der Waals surface area (Å²) in [5, 5.41) is 0. The van der Waals surface area contributed by atoms with E-state index < -0.39 is 0 Å². The Labute approximate surface area is 202 Å². The van der Waals surface area contributed by atoms with Gasteiger partial charge in [-0.1, -0.05) is 0 Å². The largest absolute Gasteiger partial charge is 2.00 e. The van der Waals surface area contributed by atoms with Crippen LogP contribution in [0.1, 0.15) is 5.71 Å². The van der Waals surface area contributed by atoms with Gasteiger partial charge in [-0.3, -0.25) is 0 Å². The van der Waals surface area contributed by atoms with Crippen LogP contribution in [-0.2, 0) is 63.8 Å². The quantitative estimate of drug-likeness (QED) is 0.247. The molecule has 0 nitrogen and oxygen atoms in total. The predicted octanol–water partition coefficient (Wildman–Crippen LogP) is -2.42. The van der Waals surface area contributed by atoms with Gasteiger partial charge in [0.2, 0.25) is 0 Å². The molecule has 0 aliphatic carbocycles. The molecule has 0 fully saturated rings. The maximum Gasteiger partial charge on any atom is 2.00 e. The molecule has 0 spiro atoms. The SMILES string of the molecule is [AlH3].[Ba+2].[Cd].[Fe].[H-].[H-].[H-].[H-].[PbH2].[Sr+2].[Zn]. The first kappa shape index (κ1) is 49.7. The number of rotatable bonds is 0. The molecule has 0 amide bonds. The Bertz CT molecular complexity index is 30.1. The van der Waals surface area contributed by atoms with E-state index in [1.165, 1.54) is 0 Å². The van der Waals surface area contributed by atoms with Crippen molar-refractivity contribution in [2.75, 3.05) is 0 Å². The maximum atomic E-state index is 0. The molecule has 0 aliphatic rings. The summed E-state index contributed by atoms with van der Waals surface area (Å²) in [6.07, 6.45) is 0. The molecule has 0 saturated carbocycles. The Kier molecular flexibility index (Phi) is 277. The molecule has 0 aromatic rings. The van der Waals surface area contributed by atoms with Crippen LogP contribution in [0, 0.1) is 0 Å². The average molecular weight is 702 g/mol. The fraction of sp³-hybridized carbons (Fsp3) is 0. The maximum absolute atomic E-state index is 0. The van der Waals surface area contributed by atoms with Crippen molar-refractivity contribution in [1.29, 1.82) is 0 Å². The molecule has 0 unspecified atom stereocenters. The summed E-state index contributed by atoms with van der Waals surface area (Å²) >= 11 is 0. The van der Waals surface area contributed by atoms with Crippen LogP contribution in [0.25, 0.3) is 0 Å². The van der Waals surface area contributed by atoms with Crippen LogP contribution in [0.5, 0.6) is 0 Å². The van der Waals surface area contributed by atoms with Gasteiger partial charge in [0, 0.05) is 63.8 Å². The minimum Gasteiger partial charge on any atom is 0 e. The van der Waals surface area contributed by atoms with Crippen molar-refractivity contribution in [2.24, 2.45) is 0 Å². The van der Waals surface area contributed by atoms with E-state index in [9.17, 15) is 0 Å². The van der Waals surface area contributed by atoms with Gasteiger partial charge in [0.15, 0.2) is 17.4 Å². The van der Waals surface area contributed by atoms with Crippen LogP contribution in [0.4, 0.5) is 0 Å². The topological polar surface area (TPSA) is 0 Å². The van der Waals surface area contributed by atoms with Crippen LogP contribution in [-0.4, -0.2) is 139 Å². The minimum absolute atomic E-state index is 0. The normalized spacial score (nSPS) is 0. The monoisotopic (exact) mass is 704 g/mol. The van der Waals surface area contributed by atoms with Crippen LogP contribution in [0.3, 0.4) is 0 Å². The Balaban J connectivity index is 0. The first-order chi connectivity index (χ1) is 0. The molecule has 2 radical (unpaired) electrons. The molecule has 0 rings (SSSR count). The van der Waals surface area contributed by atoms with Gasteiger partial charge in [0.25, 0.3) is 0 Å². The van der Waals surface area contributed by atoms with E-state index in [4.69, 9.17) is 0 Å². The Morgan fingerprint density at radius 2 is 1.14 bits per heavy atom. The standard InChI is InChI=1S/Al.Ba.Cd.Fe.Pb.Sr.Zn.9H/q;+2;;;;+2;;;;;;;4*-1. The van der Waals surface area contributed by atoms with Crippen LogP contribution in [0.2, 0.25) is 0 Å². The fourth-order valence-electron chi connectivity index (χ4n) is 0. The second kappa shape index (κ2) is 39.0. The third kappa shape index (κ3) is 32.5. The van der Waals surface area contributed by atoms with E-state index in [0.29, 0.717) is 0 Å². The average Bonchev–Trinajstić information content (AvgIpc) is 0. The van der Waals surface area contributed by atoms with Gasteiger partial charge in [0.05, 0.1) is 0 Å². The van der Waals surface area contributed by atoms with Gasteiger partial charge in [0.1, 0.15) is 0 Å². The Morgan fingerprint density at radius 3 is 1.14 bits per heavy atom. The van der Waals surface area contributed by atoms with E-state index in [1.807, 2.05) is 0 Å². The van der Waals surface area contributed by atoms with Crippen LogP contribution in [0.15, 0.2) is 0 Å². The van der Waals surface area contributed by atoms with E-state index >= 15 is 0 Å².